The summed E-state index contributed by atoms with van der Waals surface area (Å²) >= 11 is 0. The van der Waals surface area contributed by atoms with Crippen molar-refractivity contribution in [2.45, 2.75) is 13.2 Å². The summed E-state index contributed by atoms with van der Waals surface area (Å²) in [6.45, 7) is 0.688. The van der Waals surface area contributed by atoms with Gasteiger partial charge in [-0.2, -0.15) is 0 Å². The summed E-state index contributed by atoms with van der Waals surface area (Å²) < 4.78 is 10.3. The first-order valence-electron chi connectivity index (χ1n) is 4.76. The molecule has 1 aromatic carbocycles. The first-order chi connectivity index (χ1) is 7.26. The highest BCUT2D eigenvalue weighted by atomic mass is 16.5. The largest absolute Gasteiger partial charge is 0.493 e. The molecule has 0 aliphatic carbocycles. The van der Waals surface area contributed by atoms with Crippen molar-refractivity contribution in [3.63, 3.8) is 0 Å². The van der Waals surface area contributed by atoms with E-state index in [2.05, 4.69) is 5.32 Å². The molecule has 0 aromatic heterocycles. The molecule has 0 aliphatic heterocycles. The first-order valence-corrected chi connectivity index (χ1v) is 4.76. The quantitative estimate of drug-likeness (QED) is 0.760. The lowest BCUT2D eigenvalue weighted by Crippen LogP contribution is -2.08. The van der Waals surface area contributed by atoms with E-state index in [0.29, 0.717) is 18.0 Å². The number of benzene rings is 1. The molecule has 0 saturated heterocycles. The van der Waals surface area contributed by atoms with Crippen LogP contribution in [-0.2, 0) is 13.2 Å². The van der Waals surface area contributed by atoms with Gasteiger partial charge in [-0.1, -0.05) is 0 Å². The Bertz CT molecular complexity index is 326. The second-order valence-electron chi connectivity index (χ2n) is 3.16. The lowest BCUT2D eigenvalue weighted by Gasteiger charge is -2.13. The van der Waals surface area contributed by atoms with Crippen LogP contribution in [0.1, 0.15) is 11.1 Å². The van der Waals surface area contributed by atoms with Crippen molar-refractivity contribution in [3.8, 4) is 11.5 Å². The molecule has 0 radical (unpaired) electrons. The van der Waals surface area contributed by atoms with E-state index >= 15 is 0 Å². The fourth-order valence-electron chi connectivity index (χ4n) is 1.47. The molecule has 0 spiro atoms. The molecule has 0 saturated carbocycles. The molecule has 0 heterocycles. The average Bonchev–Trinajstić information content (AvgIpc) is 2.28. The maximum absolute atomic E-state index is 9.20. The van der Waals surface area contributed by atoms with E-state index in [1.165, 1.54) is 0 Å². The van der Waals surface area contributed by atoms with Crippen molar-refractivity contribution in [3.05, 3.63) is 23.3 Å². The van der Waals surface area contributed by atoms with Crippen LogP contribution in [0.5, 0.6) is 11.5 Å². The molecule has 0 amide bonds. The molecular weight excluding hydrogens is 194 g/mol. The van der Waals surface area contributed by atoms with Gasteiger partial charge >= 0.3 is 0 Å². The normalized spacial score (nSPS) is 10.1. The molecule has 0 fully saturated rings. The molecule has 0 bridgehead atoms. The van der Waals surface area contributed by atoms with Crippen LogP contribution in [-0.4, -0.2) is 26.4 Å². The van der Waals surface area contributed by atoms with E-state index in [-0.39, 0.29) is 6.61 Å². The van der Waals surface area contributed by atoms with Gasteiger partial charge in [-0.05, 0) is 30.3 Å². The zero-order valence-electron chi connectivity index (χ0n) is 9.33. The number of ether oxygens (including phenoxy) is 2. The van der Waals surface area contributed by atoms with Crippen LogP contribution in [0.15, 0.2) is 12.1 Å². The van der Waals surface area contributed by atoms with Gasteiger partial charge in [-0.25, -0.2) is 0 Å². The molecule has 0 unspecified atom stereocenters. The van der Waals surface area contributed by atoms with Crippen molar-refractivity contribution in [1.82, 2.24) is 5.32 Å². The van der Waals surface area contributed by atoms with E-state index in [1.54, 1.807) is 20.3 Å². The van der Waals surface area contributed by atoms with Gasteiger partial charge in [0.15, 0.2) is 11.5 Å². The van der Waals surface area contributed by atoms with Gasteiger partial charge in [0.05, 0.1) is 20.8 Å². The molecule has 4 heteroatoms. The van der Waals surface area contributed by atoms with Gasteiger partial charge in [-0.3, -0.25) is 0 Å². The molecule has 0 atom stereocenters. The van der Waals surface area contributed by atoms with E-state index < -0.39 is 0 Å². The number of hydrogen-bond acceptors (Lipinski definition) is 4. The SMILES string of the molecule is CNCc1cc(OC)c(OC)cc1CO. The summed E-state index contributed by atoms with van der Waals surface area (Å²) in [6, 6.07) is 3.67. The fraction of sp³-hybridized carbons (Fsp3) is 0.455. The predicted molar refractivity (Wildman–Crippen MR) is 58.2 cm³/mol. The monoisotopic (exact) mass is 211 g/mol. The van der Waals surface area contributed by atoms with Gasteiger partial charge in [0.2, 0.25) is 0 Å². The van der Waals surface area contributed by atoms with Gasteiger partial charge in [-0.15, -0.1) is 0 Å². The minimum atomic E-state index is -0.00261. The summed E-state index contributed by atoms with van der Waals surface area (Å²) in [5.74, 6) is 1.32. The number of aliphatic hydroxyl groups is 1. The van der Waals surface area contributed by atoms with Gasteiger partial charge in [0, 0.05) is 6.54 Å². The molecule has 0 aliphatic rings. The van der Waals surface area contributed by atoms with Crippen LogP contribution >= 0.6 is 0 Å². The number of rotatable bonds is 5. The van der Waals surface area contributed by atoms with Crippen LogP contribution in [0.2, 0.25) is 0 Å². The van der Waals surface area contributed by atoms with Gasteiger partial charge < -0.3 is 19.9 Å². The number of methoxy groups -OCH3 is 2. The Balaban J connectivity index is 3.15. The third kappa shape index (κ3) is 2.61. The minimum Gasteiger partial charge on any atom is -0.493 e. The average molecular weight is 211 g/mol. The van der Waals surface area contributed by atoms with Crippen molar-refractivity contribution >= 4 is 0 Å². The smallest absolute Gasteiger partial charge is 0.161 e. The second kappa shape index (κ2) is 5.58. The number of aliphatic hydroxyl groups excluding tert-OH is 1. The molecule has 84 valence electrons. The van der Waals surface area contributed by atoms with E-state index in [1.807, 2.05) is 13.1 Å². The lowest BCUT2D eigenvalue weighted by molar-refractivity contribution is 0.278. The maximum Gasteiger partial charge on any atom is 0.161 e. The summed E-state index contributed by atoms with van der Waals surface area (Å²) in [5.41, 5.74) is 1.86. The summed E-state index contributed by atoms with van der Waals surface area (Å²) in [7, 11) is 5.04. The third-order valence-corrected chi connectivity index (χ3v) is 2.24. The molecule has 4 nitrogen and oxygen atoms in total. The highest BCUT2D eigenvalue weighted by Crippen LogP contribution is 2.30. The standard InChI is InChI=1S/C11H17NO3/c1-12-6-8-4-10(14-2)11(15-3)5-9(8)7-13/h4-5,12-13H,6-7H2,1-3H3. The Morgan fingerprint density at radius 3 is 2.07 bits per heavy atom. The van der Waals surface area contributed by atoms with Gasteiger partial charge in [0.25, 0.3) is 0 Å². The Labute approximate surface area is 89.8 Å². The fourth-order valence-corrected chi connectivity index (χ4v) is 1.47. The van der Waals surface area contributed by atoms with Crippen LogP contribution in [0.25, 0.3) is 0 Å². The van der Waals surface area contributed by atoms with Crippen molar-refractivity contribution < 1.29 is 14.6 Å². The van der Waals surface area contributed by atoms with E-state index in [0.717, 1.165) is 11.1 Å². The van der Waals surface area contributed by atoms with E-state index in [9.17, 15) is 5.11 Å². The Hall–Kier alpha value is -1.26. The van der Waals surface area contributed by atoms with Crippen LogP contribution in [0, 0.1) is 0 Å². The van der Waals surface area contributed by atoms with Crippen LogP contribution < -0.4 is 14.8 Å². The summed E-state index contributed by atoms with van der Waals surface area (Å²) in [5, 5.41) is 12.2. The second-order valence-corrected chi connectivity index (χ2v) is 3.16. The first kappa shape index (κ1) is 11.8. The topological polar surface area (TPSA) is 50.7 Å². The molecule has 1 rings (SSSR count). The third-order valence-electron chi connectivity index (χ3n) is 2.24. The Morgan fingerprint density at radius 2 is 1.67 bits per heavy atom. The molecule has 1 aromatic rings. The van der Waals surface area contributed by atoms with Crippen LogP contribution in [0.4, 0.5) is 0 Å². The summed E-state index contributed by atoms with van der Waals surface area (Å²) in [6.07, 6.45) is 0. The molecule has 2 N–H and O–H groups in total. The minimum absolute atomic E-state index is 0.00261. The highest BCUT2D eigenvalue weighted by Gasteiger charge is 2.09. The van der Waals surface area contributed by atoms with Gasteiger partial charge in [0.1, 0.15) is 0 Å². The Morgan fingerprint density at radius 1 is 1.13 bits per heavy atom. The molecular formula is C11H17NO3. The highest BCUT2D eigenvalue weighted by molar-refractivity contribution is 5.47. The predicted octanol–water partition coefficient (Wildman–Crippen LogP) is 0.915. The van der Waals surface area contributed by atoms with E-state index in [4.69, 9.17) is 9.47 Å². The zero-order chi connectivity index (χ0) is 11.3. The zero-order valence-corrected chi connectivity index (χ0v) is 9.33. The van der Waals surface area contributed by atoms with Crippen LogP contribution in [0.3, 0.4) is 0 Å². The maximum atomic E-state index is 9.20. The van der Waals surface area contributed by atoms with Crippen molar-refractivity contribution in [1.29, 1.82) is 0 Å². The number of nitrogens with one attached hydrogen (secondary N) is 1. The number of hydrogen-bond donors (Lipinski definition) is 2. The van der Waals surface area contributed by atoms with Crippen molar-refractivity contribution in [2.24, 2.45) is 0 Å². The van der Waals surface area contributed by atoms with Crippen molar-refractivity contribution in [2.75, 3.05) is 21.3 Å². The summed E-state index contributed by atoms with van der Waals surface area (Å²) in [4.78, 5) is 0. The molecule has 15 heavy (non-hydrogen) atoms. The Kier molecular flexibility index (Phi) is 4.39. The lowest BCUT2D eigenvalue weighted by atomic mass is 10.1.